The normalized spacial score (nSPS) is 23.4. The van der Waals surface area contributed by atoms with Crippen molar-refractivity contribution in [2.45, 2.75) is 44.1 Å². The minimum absolute atomic E-state index is 0.0552. The van der Waals surface area contributed by atoms with Gasteiger partial charge in [0.05, 0.1) is 6.67 Å². The van der Waals surface area contributed by atoms with Crippen molar-refractivity contribution >= 4 is 0 Å². The summed E-state index contributed by atoms with van der Waals surface area (Å²) in [5.74, 6) is 2.02. The third-order valence-electron chi connectivity index (χ3n) is 7.50. The minimum Gasteiger partial charge on any atom is -0.508 e. The monoisotopic (exact) mass is 459 g/mol. The fourth-order valence-corrected chi connectivity index (χ4v) is 5.87. The predicted octanol–water partition coefficient (Wildman–Crippen LogP) is 6.31. The Balaban J connectivity index is 1.35. The standard InChI is InChI=1S/C30H34FNO2/c1-21(19-32-16-15-22(18-31)20-32)34-27-11-7-24(8-12-27)30-28(23-5-3-2-4-6-23)13-9-25-17-26(33)10-14-29(25)30/h2-8,10-12,14,17,21-22,28,30,33H,9,13,15-16,18-20H2,1H3/t21?,22-,28-,30+/m0/s1. The van der Waals surface area contributed by atoms with E-state index in [1.165, 1.54) is 22.3 Å². The number of ether oxygens (including phenoxy) is 1. The zero-order chi connectivity index (χ0) is 23.5. The van der Waals surface area contributed by atoms with Crippen LogP contribution in [0.15, 0.2) is 72.8 Å². The third kappa shape index (κ3) is 4.97. The number of fused-ring (bicyclic) bond motifs is 1. The van der Waals surface area contributed by atoms with Crippen LogP contribution < -0.4 is 4.74 Å². The summed E-state index contributed by atoms with van der Waals surface area (Å²) in [6.45, 7) is 4.49. The molecule has 1 fully saturated rings. The molecule has 178 valence electrons. The zero-order valence-electron chi connectivity index (χ0n) is 19.9. The SMILES string of the molecule is CC(CN1CC[C@@H](CF)C1)Oc1ccc([C@H]2c3ccc(O)cc3CC[C@H]2c2ccccc2)cc1. The Morgan fingerprint density at radius 3 is 2.53 bits per heavy atom. The molecule has 2 aliphatic rings. The van der Waals surface area contributed by atoms with E-state index in [0.29, 0.717) is 11.7 Å². The van der Waals surface area contributed by atoms with Gasteiger partial charge in [0.1, 0.15) is 17.6 Å². The van der Waals surface area contributed by atoms with Crippen molar-refractivity contribution in [3.05, 3.63) is 95.1 Å². The van der Waals surface area contributed by atoms with Gasteiger partial charge in [0.2, 0.25) is 0 Å². The van der Waals surface area contributed by atoms with Crippen molar-refractivity contribution in [3.8, 4) is 11.5 Å². The summed E-state index contributed by atoms with van der Waals surface area (Å²) < 4.78 is 19.1. The van der Waals surface area contributed by atoms with E-state index in [1.807, 2.05) is 12.1 Å². The van der Waals surface area contributed by atoms with E-state index in [-0.39, 0.29) is 24.6 Å². The van der Waals surface area contributed by atoms with Crippen molar-refractivity contribution in [1.29, 1.82) is 0 Å². The molecule has 0 spiro atoms. The lowest BCUT2D eigenvalue weighted by atomic mass is 9.69. The van der Waals surface area contributed by atoms with Crippen LogP contribution in [0.3, 0.4) is 0 Å². The second-order valence-corrected chi connectivity index (χ2v) is 9.98. The summed E-state index contributed by atoms with van der Waals surface area (Å²) in [6, 6.07) is 25.1. The largest absolute Gasteiger partial charge is 0.508 e. The van der Waals surface area contributed by atoms with Crippen LogP contribution in [0.2, 0.25) is 0 Å². The van der Waals surface area contributed by atoms with E-state index in [4.69, 9.17) is 4.74 Å². The van der Waals surface area contributed by atoms with Crippen molar-refractivity contribution in [3.63, 3.8) is 0 Å². The molecule has 4 atom stereocenters. The lowest BCUT2D eigenvalue weighted by Gasteiger charge is -2.35. The maximum atomic E-state index is 12.9. The second kappa shape index (κ2) is 10.2. The summed E-state index contributed by atoms with van der Waals surface area (Å²) in [5.41, 5.74) is 5.17. The Morgan fingerprint density at radius 2 is 1.79 bits per heavy atom. The molecule has 1 heterocycles. The number of halogens is 1. The van der Waals surface area contributed by atoms with Crippen molar-refractivity contribution < 1.29 is 14.2 Å². The minimum atomic E-state index is -0.221. The van der Waals surface area contributed by atoms with Crippen LogP contribution in [0.4, 0.5) is 4.39 Å². The first kappa shape index (κ1) is 22.9. The number of alkyl halides is 1. The van der Waals surface area contributed by atoms with Crippen LogP contribution in [0, 0.1) is 5.92 Å². The molecule has 3 aromatic carbocycles. The summed E-state index contributed by atoms with van der Waals surface area (Å²) >= 11 is 0. The average molecular weight is 460 g/mol. The van der Waals surface area contributed by atoms with E-state index >= 15 is 0 Å². The van der Waals surface area contributed by atoms with E-state index in [1.54, 1.807) is 0 Å². The number of benzene rings is 3. The highest BCUT2D eigenvalue weighted by Gasteiger charge is 2.32. The van der Waals surface area contributed by atoms with Gasteiger partial charge in [-0.25, -0.2) is 0 Å². The molecule has 0 saturated carbocycles. The molecule has 1 unspecified atom stereocenters. The first-order valence-electron chi connectivity index (χ1n) is 12.5. The molecule has 1 aliphatic carbocycles. The van der Waals surface area contributed by atoms with Gasteiger partial charge in [-0.15, -0.1) is 0 Å². The van der Waals surface area contributed by atoms with E-state index in [2.05, 4.69) is 72.5 Å². The van der Waals surface area contributed by atoms with Gasteiger partial charge in [-0.05, 0) is 85.2 Å². The van der Waals surface area contributed by atoms with Crippen LogP contribution in [0.25, 0.3) is 0 Å². The molecule has 1 aliphatic heterocycles. The van der Waals surface area contributed by atoms with Gasteiger partial charge in [0.15, 0.2) is 0 Å². The summed E-state index contributed by atoms with van der Waals surface area (Å²) in [6.07, 6.45) is 3.02. The topological polar surface area (TPSA) is 32.7 Å². The van der Waals surface area contributed by atoms with E-state index in [0.717, 1.165) is 44.6 Å². The fraction of sp³-hybridized carbons (Fsp3) is 0.400. The highest BCUT2D eigenvalue weighted by molar-refractivity contribution is 5.48. The number of aryl methyl sites for hydroxylation is 1. The molecule has 34 heavy (non-hydrogen) atoms. The maximum Gasteiger partial charge on any atom is 0.119 e. The van der Waals surface area contributed by atoms with Crippen LogP contribution in [0.5, 0.6) is 11.5 Å². The Labute approximate surface area is 202 Å². The van der Waals surface area contributed by atoms with Gasteiger partial charge < -0.3 is 9.84 Å². The van der Waals surface area contributed by atoms with Crippen LogP contribution in [-0.4, -0.2) is 42.4 Å². The van der Waals surface area contributed by atoms with Crippen molar-refractivity contribution in [1.82, 2.24) is 4.90 Å². The summed E-state index contributed by atoms with van der Waals surface area (Å²) in [4.78, 5) is 2.31. The summed E-state index contributed by atoms with van der Waals surface area (Å²) in [5, 5.41) is 10.0. The zero-order valence-corrected chi connectivity index (χ0v) is 19.9. The van der Waals surface area contributed by atoms with Gasteiger partial charge in [-0.3, -0.25) is 9.29 Å². The third-order valence-corrected chi connectivity index (χ3v) is 7.50. The van der Waals surface area contributed by atoms with Crippen molar-refractivity contribution in [2.24, 2.45) is 5.92 Å². The molecule has 5 rings (SSSR count). The first-order valence-corrected chi connectivity index (χ1v) is 12.5. The van der Waals surface area contributed by atoms with Gasteiger partial charge in [0.25, 0.3) is 0 Å². The predicted molar refractivity (Wildman–Crippen MR) is 135 cm³/mol. The molecular formula is C30H34FNO2. The Bertz CT molecular complexity index is 1080. The second-order valence-electron chi connectivity index (χ2n) is 9.98. The van der Waals surface area contributed by atoms with Crippen LogP contribution in [-0.2, 0) is 6.42 Å². The number of hydrogen-bond donors (Lipinski definition) is 1. The van der Waals surface area contributed by atoms with E-state index in [9.17, 15) is 9.50 Å². The molecule has 0 bridgehead atoms. The molecule has 3 aromatic rings. The highest BCUT2D eigenvalue weighted by Crippen LogP contribution is 2.47. The first-order chi connectivity index (χ1) is 16.6. The number of hydrogen-bond acceptors (Lipinski definition) is 3. The lowest BCUT2D eigenvalue weighted by molar-refractivity contribution is 0.158. The van der Waals surface area contributed by atoms with Gasteiger partial charge in [0, 0.05) is 24.9 Å². The molecule has 4 heteroatoms. The molecule has 1 saturated heterocycles. The number of phenols is 1. The van der Waals surface area contributed by atoms with Gasteiger partial charge >= 0.3 is 0 Å². The Morgan fingerprint density at radius 1 is 1.00 bits per heavy atom. The number of rotatable bonds is 7. The maximum absolute atomic E-state index is 12.9. The Kier molecular flexibility index (Phi) is 6.87. The van der Waals surface area contributed by atoms with Gasteiger partial charge in [-0.1, -0.05) is 48.5 Å². The quantitative estimate of drug-likeness (QED) is 0.449. The molecular weight excluding hydrogens is 425 g/mol. The summed E-state index contributed by atoms with van der Waals surface area (Å²) in [7, 11) is 0. The number of likely N-dealkylation sites (tertiary alicyclic amines) is 1. The molecule has 0 amide bonds. The fourth-order valence-electron chi connectivity index (χ4n) is 5.87. The van der Waals surface area contributed by atoms with E-state index < -0.39 is 0 Å². The highest BCUT2D eigenvalue weighted by atomic mass is 19.1. The average Bonchev–Trinajstić information content (AvgIpc) is 3.31. The van der Waals surface area contributed by atoms with Crippen LogP contribution >= 0.6 is 0 Å². The Hall–Kier alpha value is -2.85. The molecule has 0 radical (unpaired) electrons. The van der Waals surface area contributed by atoms with Gasteiger partial charge in [-0.2, -0.15) is 0 Å². The number of nitrogens with zero attached hydrogens (tertiary/aromatic N) is 1. The molecule has 1 N–H and O–H groups in total. The lowest BCUT2D eigenvalue weighted by Crippen LogP contribution is -2.32. The number of aromatic hydroxyl groups is 1. The molecule has 0 aromatic heterocycles. The molecule has 3 nitrogen and oxygen atoms in total. The number of phenolic OH excluding ortho intramolecular Hbond substituents is 1. The smallest absolute Gasteiger partial charge is 0.119 e. The van der Waals surface area contributed by atoms with Crippen molar-refractivity contribution in [2.75, 3.05) is 26.3 Å². The van der Waals surface area contributed by atoms with Crippen LogP contribution in [0.1, 0.15) is 53.9 Å².